The second-order valence-corrected chi connectivity index (χ2v) is 9.21. The number of fused-ring (bicyclic) bond motifs is 5. The number of aromatic nitrogens is 2. The lowest BCUT2D eigenvalue weighted by molar-refractivity contribution is 0.0361. The first-order valence-electron chi connectivity index (χ1n) is 11.0. The Labute approximate surface area is 185 Å². The number of thiophene rings is 1. The molecule has 1 aromatic carbocycles. The molecule has 0 spiro atoms. The van der Waals surface area contributed by atoms with Gasteiger partial charge in [0.2, 0.25) is 11.9 Å². The summed E-state index contributed by atoms with van der Waals surface area (Å²) in [5.74, 6) is 1.89. The van der Waals surface area contributed by atoms with E-state index in [2.05, 4.69) is 66.4 Å². The Bertz CT molecular complexity index is 1070. The van der Waals surface area contributed by atoms with Crippen molar-refractivity contribution in [1.82, 2.24) is 24.7 Å². The molecule has 1 N–H and O–H groups in total. The number of aliphatic imine (C=N–C) groups is 1. The smallest absolute Gasteiger partial charge is 0.216 e. The van der Waals surface area contributed by atoms with E-state index in [1.165, 1.54) is 4.88 Å². The van der Waals surface area contributed by atoms with E-state index in [4.69, 9.17) is 14.7 Å². The van der Waals surface area contributed by atoms with E-state index >= 15 is 0 Å². The summed E-state index contributed by atoms with van der Waals surface area (Å²) in [5, 5.41) is 5.81. The first-order valence-corrected chi connectivity index (χ1v) is 11.9. The van der Waals surface area contributed by atoms with Crippen molar-refractivity contribution in [2.45, 2.75) is 12.6 Å². The van der Waals surface area contributed by atoms with E-state index in [0.29, 0.717) is 0 Å². The summed E-state index contributed by atoms with van der Waals surface area (Å²) in [5.41, 5.74) is 2.17. The average Bonchev–Trinajstić information content (AvgIpc) is 3.48. The lowest BCUT2D eigenvalue weighted by atomic mass is 10.3. The minimum atomic E-state index is 0.0188. The largest absolute Gasteiger partial charge is 0.379 e. The number of guanidine groups is 1. The number of rotatable bonds is 5. The zero-order valence-electron chi connectivity index (χ0n) is 17.5. The highest BCUT2D eigenvalue weighted by Gasteiger charge is 2.36. The van der Waals surface area contributed by atoms with Crippen LogP contribution in [0.4, 0.5) is 5.95 Å². The van der Waals surface area contributed by atoms with Crippen molar-refractivity contribution in [3.8, 4) is 0 Å². The van der Waals surface area contributed by atoms with Crippen LogP contribution < -0.4 is 10.2 Å². The summed E-state index contributed by atoms with van der Waals surface area (Å²) in [6.45, 7) is 7.48. The number of anilines is 1. The monoisotopic (exact) mass is 437 g/mol. The van der Waals surface area contributed by atoms with Crippen LogP contribution in [0.1, 0.15) is 17.5 Å². The summed E-state index contributed by atoms with van der Waals surface area (Å²) in [7, 11) is 0. The van der Waals surface area contributed by atoms with E-state index in [1.54, 1.807) is 11.3 Å². The Hall–Kier alpha value is -2.46. The van der Waals surface area contributed by atoms with Crippen molar-refractivity contribution in [1.29, 1.82) is 0 Å². The average molecular weight is 438 g/mol. The normalized spacial score (nSPS) is 22.1. The van der Waals surface area contributed by atoms with Crippen LogP contribution in [0.25, 0.3) is 11.0 Å². The molecule has 8 nitrogen and oxygen atoms in total. The summed E-state index contributed by atoms with van der Waals surface area (Å²) >= 11 is 1.76. The molecular formula is C22H27N7OS. The van der Waals surface area contributed by atoms with Gasteiger partial charge in [0.05, 0.1) is 37.6 Å². The molecule has 1 saturated heterocycles. The van der Waals surface area contributed by atoms with E-state index in [0.717, 1.165) is 82.1 Å². The zero-order chi connectivity index (χ0) is 20.6. The number of morpholine rings is 1. The van der Waals surface area contributed by atoms with E-state index in [-0.39, 0.29) is 6.17 Å². The third kappa shape index (κ3) is 3.61. The van der Waals surface area contributed by atoms with Gasteiger partial charge in [-0.05, 0) is 36.5 Å². The van der Waals surface area contributed by atoms with Crippen LogP contribution in [0.15, 0.2) is 46.8 Å². The molecule has 0 aliphatic carbocycles. The highest BCUT2D eigenvalue weighted by atomic mass is 32.1. The number of hydrogen-bond donors (Lipinski definition) is 1. The van der Waals surface area contributed by atoms with Crippen LogP contribution in [-0.4, -0.2) is 78.0 Å². The van der Waals surface area contributed by atoms with Crippen LogP contribution in [0, 0.1) is 0 Å². The standard InChI is InChI=1S/C22H27N7OS/c1-2-6-18-17(5-1)24-22-28-16-27(9-4-8-26-10-12-30-13-11-26)15-23-21(28)25-20(29(18)22)19-7-3-14-31-19/h1-3,5-7,14,20H,4,8-13,15-16H2,(H,23,25). The zero-order valence-corrected chi connectivity index (χ0v) is 18.3. The minimum absolute atomic E-state index is 0.0188. The van der Waals surface area contributed by atoms with Gasteiger partial charge in [-0.25, -0.2) is 9.98 Å². The van der Waals surface area contributed by atoms with Crippen LogP contribution in [0.2, 0.25) is 0 Å². The Morgan fingerprint density at radius 1 is 1.06 bits per heavy atom. The molecule has 3 aliphatic rings. The third-order valence-corrected chi connectivity index (χ3v) is 7.15. The maximum absolute atomic E-state index is 5.46. The molecule has 0 amide bonds. The number of nitrogens with one attached hydrogen (secondary N) is 1. The van der Waals surface area contributed by atoms with Crippen molar-refractivity contribution >= 4 is 34.3 Å². The van der Waals surface area contributed by atoms with Gasteiger partial charge in [-0.3, -0.25) is 19.3 Å². The van der Waals surface area contributed by atoms with Crippen molar-refractivity contribution in [3.63, 3.8) is 0 Å². The number of nitrogens with zero attached hydrogens (tertiary/aromatic N) is 6. The lowest BCUT2D eigenvalue weighted by Gasteiger charge is -2.41. The van der Waals surface area contributed by atoms with Crippen LogP contribution in [0.3, 0.4) is 0 Å². The molecular weight excluding hydrogens is 410 g/mol. The van der Waals surface area contributed by atoms with Gasteiger partial charge in [0, 0.05) is 24.5 Å². The van der Waals surface area contributed by atoms with Crippen LogP contribution >= 0.6 is 11.3 Å². The summed E-state index contributed by atoms with van der Waals surface area (Å²) in [6.07, 6.45) is 1.16. The minimum Gasteiger partial charge on any atom is -0.379 e. The van der Waals surface area contributed by atoms with Crippen LogP contribution in [-0.2, 0) is 4.74 Å². The number of para-hydroxylation sites is 2. The number of imidazole rings is 1. The van der Waals surface area contributed by atoms with E-state index in [9.17, 15) is 0 Å². The van der Waals surface area contributed by atoms with Gasteiger partial charge in [0.15, 0.2) is 0 Å². The second-order valence-electron chi connectivity index (χ2n) is 8.23. The summed E-state index contributed by atoms with van der Waals surface area (Å²) < 4.78 is 7.77. The highest BCUT2D eigenvalue weighted by molar-refractivity contribution is 7.10. The Kier molecular flexibility index (Phi) is 5.11. The topological polar surface area (TPSA) is 61.2 Å². The first-order chi connectivity index (χ1) is 15.4. The van der Waals surface area contributed by atoms with Gasteiger partial charge in [-0.1, -0.05) is 18.2 Å². The molecule has 2 aromatic heterocycles. The molecule has 1 atom stereocenters. The predicted octanol–water partition coefficient (Wildman–Crippen LogP) is 2.36. The molecule has 0 saturated carbocycles. The van der Waals surface area contributed by atoms with Gasteiger partial charge in [-0.15, -0.1) is 11.3 Å². The molecule has 3 aromatic rings. The summed E-state index contributed by atoms with van der Waals surface area (Å²) in [4.78, 5) is 18.3. The van der Waals surface area contributed by atoms with Crippen molar-refractivity contribution in [2.24, 2.45) is 4.99 Å². The third-order valence-electron chi connectivity index (χ3n) is 6.23. The lowest BCUT2D eigenvalue weighted by Crippen LogP contribution is -2.57. The quantitative estimate of drug-likeness (QED) is 0.661. The molecule has 0 bridgehead atoms. The van der Waals surface area contributed by atoms with Crippen molar-refractivity contribution < 1.29 is 4.74 Å². The van der Waals surface area contributed by atoms with Crippen LogP contribution in [0.5, 0.6) is 0 Å². The fraction of sp³-hybridized carbons (Fsp3) is 0.455. The fourth-order valence-electron chi connectivity index (χ4n) is 4.64. The molecule has 31 heavy (non-hydrogen) atoms. The van der Waals surface area contributed by atoms with Gasteiger partial charge >= 0.3 is 0 Å². The van der Waals surface area contributed by atoms with E-state index in [1.807, 2.05) is 0 Å². The number of ether oxygens (including phenoxy) is 1. The second kappa shape index (κ2) is 8.23. The molecule has 162 valence electrons. The fourth-order valence-corrected chi connectivity index (χ4v) is 5.40. The molecule has 5 heterocycles. The van der Waals surface area contributed by atoms with Gasteiger partial charge < -0.3 is 10.1 Å². The first kappa shape index (κ1) is 19.2. The Morgan fingerprint density at radius 3 is 2.81 bits per heavy atom. The molecule has 3 aliphatic heterocycles. The van der Waals surface area contributed by atoms with Crippen molar-refractivity contribution in [3.05, 3.63) is 46.7 Å². The van der Waals surface area contributed by atoms with E-state index < -0.39 is 0 Å². The predicted molar refractivity (Wildman–Crippen MR) is 124 cm³/mol. The van der Waals surface area contributed by atoms with Gasteiger partial charge in [-0.2, -0.15) is 0 Å². The van der Waals surface area contributed by atoms with Gasteiger partial charge in [0.1, 0.15) is 6.17 Å². The highest BCUT2D eigenvalue weighted by Crippen LogP contribution is 2.35. The molecule has 0 radical (unpaired) electrons. The molecule has 9 heteroatoms. The van der Waals surface area contributed by atoms with Gasteiger partial charge in [0.25, 0.3) is 0 Å². The Balaban J connectivity index is 1.25. The maximum Gasteiger partial charge on any atom is 0.216 e. The molecule has 6 rings (SSSR count). The maximum atomic E-state index is 5.46. The SMILES string of the molecule is c1csc(C2NC3=NCN(CCCN4CCOCC4)CN3c3nc4ccccc4n32)c1. The molecule has 1 unspecified atom stereocenters. The summed E-state index contributed by atoms with van der Waals surface area (Å²) in [6, 6.07) is 12.7. The van der Waals surface area contributed by atoms with Crippen molar-refractivity contribution in [2.75, 3.05) is 57.6 Å². The Morgan fingerprint density at radius 2 is 1.94 bits per heavy atom. The number of benzene rings is 1. The molecule has 1 fully saturated rings. The number of hydrogen-bond acceptors (Lipinski definition) is 8.